The second kappa shape index (κ2) is 9.54. The van der Waals surface area contributed by atoms with E-state index in [9.17, 15) is 4.79 Å². The van der Waals surface area contributed by atoms with Gasteiger partial charge in [-0.1, -0.05) is 18.2 Å². The van der Waals surface area contributed by atoms with Crippen molar-refractivity contribution in [3.63, 3.8) is 0 Å². The van der Waals surface area contributed by atoms with Gasteiger partial charge in [-0.15, -0.1) is 12.4 Å². The number of piperidine rings is 1. The Hall–Kier alpha value is -2.90. The van der Waals surface area contributed by atoms with Crippen LogP contribution in [0.15, 0.2) is 54.6 Å². The molecule has 1 aromatic heterocycles. The molecule has 152 valence electrons. The fraction of sp³-hybridized carbons (Fsp3) is 0.286. The van der Waals surface area contributed by atoms with Crippen LogP contribution in [0, 0.1) is 0 Å². The quantitative estimate of drug-likeness (QED) is 0.665. The maximum Gasteiger partial charge on any atom is 0.258 e. The first-order valence-electron chi connectivity index (χ1n) is 9.45. The number of ether oxygens (including phenoxy) is 1. The smallest absolute Gasteiger partial charge is 0.258 e. The van der Waals surface area contributed by atoms with Crippen LogP contribution in [0.25, 0.3) is 0 Å². The Morgan fingerprint density at radius 2 is 1.72 bits per heavy atom. The SMILES string of the molecule is Cl.Cn1nc(C2CCNCC2)nc1NC(=O)c1ccc(Oc2ccccc2)cc1. The minimum Gasteiger partial charge on any atom is -0.457 e. The second-order valence-corrected chi connectivity index (χ2v) is 6.84. The highest BCUT2D eigenvalue weighted by atomic mass is 35.5. The first-order valence-corrected chi connectivity index (χ1v) is 9.45. The summed E-state index contributed by atoms with van der Waals surface area (Å²) in [6, 6.07) is 16.5. The van der Waals surface area contributed by atoms with Crippen molar-refractivity contribution >= 4 is 24.3 Å². The van der Waals surface area contributed by atoms with Gasteiger partial charge in [0.2, 0.25) is 5.95 Å². The Kier molecular flexibility index (Phi) is 6.85. The molecule has 0 radical (unpaired) electrons. The van der Waals surface area contributed by atoms with E-state index >= 15 is 0 Å². The molecule has 8 heteroatoms. The van der Waals surface area contributed by atoms with E-state index in [1.807, 2.05) is 30.3 Å². The number of anilines is 1. The second-order valence-electron chi connectivity index (χ2n) is 6.84. The molecule has 1 saturated heterocycles. The van der Waals surface area contributed by atoms with E-state index in [2.05, 4.69) is 20.7 Å². The molecular formula is C21H24ClN5O2. The number of hydrogen-bond acceptors (Lipinski definition) is 5. The van der Waals surface area contributed by atoms with E-state index in [4.69, 9.17) is 4.74 Å². The van der Waals surface area contributed by atoms with Crippen LogP contribution in [-0.2, 0) is 7.05 Å². The van der Waals surface area contributed by atoms with Gasteiger partial charge in [-0.3, -0.25) is 10.1 Å². The fourth-order valence-electron chi connectivity index (χ4n) is 3.24. The third kappa shape index (κ3) is 5.13. The van der Waals surface area contributed by atoms with Gasteiger partial charge in [-0.25, -0.2) is 4.68 Å². The average molecular weight is 414 g/mol. The van der Waals surface area contributed by atoms with Crippen LogP contribution in [0.5, 0.6) is 11.5 Å². The number of para-hydroxylation sites is 1. The number of aromatic nitrogens is 3. The van der Waals surface area contributed by atoms with Crippen LogP contribution in [0.1, 0.15) is 34.9 Å². The molecule has 2 heterocycles. The number of rotatable bonds is 5. The lowest BCUT2D eigenvalue weighted by atomic mass is 9.98. The summed E-state index contributed by atoms with van der Waals surface area (Å²) in [5.41, 5.74) is 0.534. The van der Waals surface area contributed by atoms with E-state index in [0.717, 1.165) is 37.5 Å². The fourth-order valence-corrected chi connectivity index (χ4v) is 3.24. The lowest BCUT2D eigenvalue weighted by Gasteiger charge is -2.19. The van der Waals surface area contributed by atoms with Crippen LogP contribution in [0.2, 0.25) is 0 Å². The zero-order valence-electron chi connectivity index (χ0n) is 16.2. The summed E-state index contributed by atoms with van der Waals surface area (Å²) in [7, 11) is 1.80. The number of carbonyl (C=O) groups is 1. The number of halogens is 1. The molecule has 0 aliphatic carbocycles. The molecule has 3 aromatic rings. The van der Waals surface area contributed by atoms with Gasteiger partial charge in [0, 0.05) is 18.5 Å². The molecule has 1 aliphatic rings. The molecule has 29 heavy (non-hydrogen) atoms. The molecule has 7 nitrogen and oxygen atoms in total. The van der Waals surface area contributed by atoms with Gasteiger partial charge in [0.1, 0.15) is 11.5 Å². The van der Waals surface area contributed by atoms with Crippen molar-refractivity contribution in [1.82, 2.24) is 20.1 Å². The topological polar surface area (TPSA) is 81.1 Å². The Labute approximate surface area is 175 Å². The van der Waals surface area contributed by atoms with E-state index < -0.39 is 0 Å². The van der Waals surface area contributed by atoms with Crippen LogP contribution in [-0.4, -0.2) is 33.8 Å². The molecular weight excluding hydrogens is 390 g/mol. The number of benzene rings is 2. The van der Waals surface area contributed by atoms with Crippen molar-refractivity contribution in [3.05, 3.63) is 66.0 Å². The highest BCUT2D eigenvalue weighted by Gasteiger charge is 2.21. The van der Waals surface area contributed by atoms with Crippen LogP contribution in [0.4, 0.5) is 5.95 Å². The third-order valence-electron chi connectivity index (χ3n) is 4.80. The molecule has 1 amide bonds. The van der Waals surface area contributed by atoms with E-state index in [0.29, 0.717) is 23.2 Å². The number of nitrogens with one attached hydrogen (secondary N) is 2. The minimum absolute atomic E-state index is 0. The first-order chi connectivity index (χ1) is 13.7. The number of carbonyl (C=O) groups excluding carboxylic acids is 1. The van der Waals surface area contributed by atoms with E-state index in [1.165, 1.54) is 0 Å². The van der Waals surface area contributed by atoms with Crippen LogP contribution >= 0.6 is 12.4 Å². The summed E-state index contributed by atoms with van der Waals surface area (Å²) in [5, 5.41) is 10.7. The summed E-state index contributed by atoms with van der Waals surface area (Å²) in [5.74, 6) is 2.80. The molecule has 0 spiro atoms. The Morgan fingerprint density at radius 3 is 2.41 bits per heavy atom. The van der Waals surface area contributed by atoms with Crippen molar-refractivity contribution in [2.45, 2.75) is 18.8 Å². The summed E-state index contributed by atoms with van der Waals surface area (Å²) in [6.07, 6.45) is 2.03. The molecule has 0 bridgehead atoms. The Morgan fingerprint density at radius 1 is 1.07 bits per heavy atom. The summed E-state index contributed by atoms with van der Waals surface area (Å²) >= 11 is 0. The van der Waals surface area contributed by atoms with Gasteiger partial charge in [-0.2, -0.15) is 10.1 Å². The predicted molar refractivity (Wildman–Crippen MR) is 114 cm³/mol. The standard InChI is InChI=1S/C21H23N5O2.ClH/c1-26-21(23-19(25-26)15-11-13-22-14-12-15)24-20(27)16-7-9-18(10-8-16)28-17-5-3-2-4-6-17;/h2-10,15,22H,11-14H2,1H3,(H,23,24,25,27);1H. The summed E-state index contributed by atoms with van der Waals surface area (Å²) < 4.78 is 7.38. The number of nitrogens with zero attached hydrogens (tertiary/aromatic N) is 3. The molecule has 2 aromatic carbocycles. The minimum atomic E-state index is -0.223. The maximum atomic E-state index is 12.6. The van der Waals surface area contributed by atoms with Crippen molar-refractivity contribution < 1.29 is 9.53 Å². The Bertz CT molecular complexity index is 937. The van der Waals surface area contributed by atoms with Gasteiger partial charge in [0.05, 0.1) is 0 Å². The average Bonchev–Trinajstić information content (AvgIpc) is 3.10. The zero-order valence-corrected chi connectivity index (χ0v) is 17.0. The zero-order chi connectivity index (χ0) is 19.3. The monoisotopic (exact) mass is 413 g/mol. The normalized spacial score (nSPS) is 14.1. The molecule has 0 atom stereocenters. The summed E-state index contributed by atoms with van der Waals surface area (Å²) in [4.78, 5) is 17.1. The highest BCUT2D eigenvalue weighted by molar-refractivity contribution is 6.03. The van der Waals surface area contributed by atoms with Crippen molar-refractivity contribution in [3.8, 4) is 11.5 Å². The van der Waals surface area contributed by atoms with Crippen molar-refractivity contribution in [2.24, 2.45) is 7.05 Å². The number of amides is 1. The van der Waals surface area contributed by atoms with Crippen LogP contribution < -0.4 is 15.4 Å². The largest absolute Gasteiger partial charge is 0.457 e. The van der Waals surface area contributed by atoms with Gasteiger partial charge in [0.15, 0.2) is 5.82 Å². The molecule has 0 unspecified atom stereocenters. The Balaban J connectivity index is 0.00000240. The van der Waals surface area contributed by atoms with Crippen molar-refractivity contribution in [2.75, 3.05) is 18.4 Å². The van der Waals surface area contributed by atoms with Gasteiger partial charge in [-0.05, 0) is 62.3 Å². The van der Waals surface area contributed by atoms with Crippen LogP contribution in [0.3, 0.4) is 0 Å². The van der Waals surface area contributed by atoms with Crippen molar-refractivity contribution in [1.29, 1.82) is 0 Å². The third-order valence-corrected chi connectivity index (χ3v) is 4.80. The molecule has 1 fully saturated rings. The predicted octanol–water partition coefficient (Wildman–Crippen LogP) is 3.75. The molecule has 2 N–H and O–H groups in total. The highest BCUT2D eigenvalue weighted by Crippen LogP contribution is 2.24. The molecule has 0 saturated carbocycles. The summed E-state index contributed by atoms with van der Waals surface area (Å²) in [6.45, 7) is 1.95. The first kappa shape index (κ1) is 20.8. The number of aryl methyl sites for hydroxylation is 1. The maximum absolute atomic E-state index is 12.6. The van der Waals surface area contributed by atoms with E-state index in [-0.39, 0.29) is 18.3 Å². The molecule has 4 rings (SSSR count). The van der Waals surface area contributed by atoms with Gasteiger partial charge in [0.25, 0.3) is 5.91 Å². The van der Waals surface area contributed by atoms with E-state index in [1.54, 1.807) is 36.0 Å². The number of hydrogen-bond donors (Lipinski definition) is 2. The molecule has 1 aliphatic heterocycles. The lowest BCUT2D eigenvalue weighted by molar-refractivity contribution is 0.102. The lowest BCUT2D eigenvalue weighted by Crippen LogP contribution is -2.27. The van der Waals surface area contributed by atoms with Gasteiger partial charge < -0.3 is 10.1 Å². The van der Waals surface area contributed by atoms with Gasteiger partial charge >= 0.3 is 0 Å².